The van der Waals surface area contributed by atoms with Gasteiger partial charge in [-0.1, -0.05) is 42.5 Å². The minimum absolute atomic E-state index is 0.0104. The average molecular weight is 455 g/mol. The van der Waals surface area contributed by atoms with Gasteiger partial charge < -0.3 is 14.8 Å². The molecule has 0 spiro atoms. The summed E-state index contributed by atoms with van der Waals surface area (Å²) < 4.78 is 26.6. The number of aromatic nitrogens is 3. The number of anilines is 1. The highest BCUT2D eigenvalue weighted by Crippen LogP contribution is 2.36. The molecule has 0 aliphatic carbocycles. The molecule has 0 bridgehead atoms. The zero-order chi connectivity index (χ0) is 22.7. The van der Waals surface area contributed by atoms with Crippen LogP contribution < -0.4 is 10.1 Å². The van der Waals surface area contributed by atoms with Crippen LogP contribution in [0.3, 0.4) is 0 Å². The molecule has 7 nitrogen and oxygen atoms in total. The Balaban J connectivity index is 1.60. The van der Waals surface area contributed by atoms with Crippen molar-refractivity contribution in [2.75, 3.05) is 11.9 Å². The number of ether oxygens (including phenoxy) is 2. The van der Waals surface area contributed by atoms with Crippen molar-refractivity contribution in [2.24, 2.45) is 0 Å². The highest BCUT2D eigenvalue weighted by atomic mass is 35.5. The van der Waals surface area contributed by atoms with Crippen LogP contribution in [0.15, 0.2) is 72.7 Å². The molecule has 3 aromatic rings. The molecule has 0 saturated carbocycles. The zero-order valence-corrected chi connectivity index (χ0v) is 18.0. The first kappa shape index (κ1) is 21.6. The average Bonchev–Trinajstić information content (AvgIpc) is 3.24. The number of esters is 1. The Labute approximate surface area is 189 Å². The number of hydrogen-bond acceptors (Lipinski definition) is 6. The van der Waals surface area contributed by atoms with Crippen LogP contribution in [0.25, 0.3) is 0 Å². The lowest BCUT2D eigenvalue weighted by Gasteiger charge is -2.28. The third-order valence-electron chi connectivity index (χ3n) is 4.99. The van der Waals surface area contributed by atoms with Crippen molar-refractivity contribution < 1.29 is 18.7 Å². The quantitative estimate of drug-likeness (QED) is 0.413. The van der Waals surface area contributed by atoms with Gasteiger partial charge in [0.25, 0.3) is 0 Å². The molecule has 4 rings (SSSR count). The van der Waals surface area contributed by atoms with Gasteiger partial charge in [0.1, 0.15) is 37.1 Å². The van der Waals surface area contributed by atoms with Crippen LogP contribution in [-0.4, -0.2) is 27.3 Å². The molecule has 32 heavy (non-hydrogen) atoms. The number of nitrogens with one attached hydrogen (secondary N) is 1. The minimum atomic E-state index is -0.541. The van der Waals surface area contributed by atoms with Crippen LogP contribution in [0.2, 0.25) is 5.02 Å². The number of rotatable bonds is 7. The van der Waals surface area contributed by atoms with Gasteiger partial charge >= 0.3 is 5.97 Å². The standard InChI is InChI=1S/C23H20ClFN4O3/c1-3-11-31-22(30)20-14(2)28-23-26-13-27-29(23)21(20)15-7-9-16(10-8-15)32-12-17-18(24)5-4-6-19(17)25/h3-10,13,21H,1,11-12H2,2H3,(H,26,27,28). The van der Waals surface area contributed by atoms with E-state index < -0.39 is 17.8 Å². The number of carbonyl (C=O) groups excluding carboxylic acids is 1. The van der Waals surface area contributed by atoms with Crippen LogP contribution in [-0.2, 0) is 16.1 Å². The zero-order valence-electron chi connectivity index (χ0n) is 17.2. The SMILES string of the molecule is C=CCOC(=O)C1=C(C)Nc2ncnn2C1c1ccc(OCc2c(F)cccc2Cl)cc1. The van der Waals surface area contributed by atoms with Crippen molar-refractivity contribution in [1.29, 1.82) is 0 Å². The molecule has 1 N–H and O–H groups in total. The summed E-state index contributed by atoms with van der Waals surface area (Å²) in [6, 6.07) is 11.1. The molecular weight excluding hydrogens is 435 g/mol. The van der Waals surface area contributed by atoms with Crippen molar-refractivity contribution in [1.82, 2.24) is 14.8 Å². The first-order valence-corrected chi connectivity index (χ1v) is 10.2. The molecule has 0 radical (unpaired) electrons. The van der Waals surface area contributed by atoms with Crippen molar-refractivity contribution >= 4 is 23.5 Å². The summed E-state index contributed by atoms with van der Waals surface area (Å²) in [7, 11) is 0. The van der Waals surface area contributed by atoms with E-state index in [1.54, 1.807) is 35.9 Å². The van der Waals surface area contributed by atoms with E-state index in [2.05, 4.69) is 22.0 Å². The van der Waals surface area contributed by atoms with Crippen LogP contribution in [0.5, 0.6) is 5.75 Å². The van der Waals surface area contributed by atoms with Crippen LogP contribution in [0.4, 0.5) is 10.3 Å². The molecule has 0 amide bonds. The molecule has 0 fully saturated rings. The largest absolute Gasteiger partial charge is 0.489 e. The lowest BCUT2D eigenvalue weighted by Crippen LogP contribution is -2.29. The summed E-state index contributed by atoms with van der Waals surface area (Å²) in [5.41, 5.74) is 2.10. The number of nitrogens with zero attached hydrogens (tertiary/aromatic N) is 3. The number of fused-ring (bicyclic) bond motifs is 1. The number of halogens is 2. The summed E-state index contributed by atoms with van der Waals surface area (Å²) >= 11 is 6.06. The number of carbonyl (C=O) groups is 1. The summed E-state index contributed by atoms with van der Waals surface area (Å²) in [6.07, 6.45) is 2.92. The molecular formula is C23H20ClFN4O3. The molecule has 2 heterocycles. The molecule has 1 aliphatic rings. The fourth-order valence-electron chi connectivity index (χ4n) is 3.45. The predicted molar refractivity (Wildman–Crippen MR) is 118 cm³/mol. The van der Waals surface area contributed by atoms with Gasteiger partial charge in [-0.05, 0) is 36.8 Å². The van der Waals surface area contributed by atoms with Gasteiger partial charge in [-0.15, -0.1) is 0 Å². The summed E-state index contributed by atoms with van der Waals surface area (Å²) in [5, 5.41) is 7.65. The Morgan fingerprint density at radius 1 is 1.31 bits per heavy atom. The van der Waals surface area contributed by atoms with Gasteiger partial charge in [-0.2, -0.15) is 10.1 Å². The maximum atomic E-state index is 14.0. The Morgan fingerprint density at radius 2 is 2.09 bits per heavy atom. The number of hydrogen-bond donors (Lipinski definition) is 1. The number of allylic oxidation sites excluding steroid dienone is 1. The van der Waals surface area contributed by atoms with Gasteiger partial charge in [0.05, 0.1) is 10.6 Å². The van der Waals surface area contributed by atoms with Crippen LogP contribution in [0.1, 0.15) is 24.1 Å². The fraction of sp³-hybridized carbons (Fsp3) is 0.174. The van der Waals surface area contributed by atoms with E-state index in [0.29, 0.717) is 28.0 Å². The molecule has 1 atom stereocenters. The monoisotopic (exact) mass is 454 g/mol. The fourth-order valence-corrected chi connectivity index (χ4v) is 3.67. The van der Waals surface area contributed by atoms with E-state index >= 15 is 0 Å². The topological polar surface area (TPSA) is 78.3 Å². The maximum Gasteiger partial charge on any atom is 0.338 e. The lowest BCUT2D eigenvalue weighted by atomic mass is 9.96. The molecule has 0 saturated heterocycles. The number of benzene rings is 2. The molecule has 1 unspecified atom stereocenters. The van der Waals surface area contributed by atoms with Crippen molar-refractivity contribution in [3.8, 4) is 5.75 Å². The maximum absolute atomic E-state index is 14.0. The van der Waals surface area contributed by atoms with Gasteiger partial charge in [-0.25, -0.2) is 13.9 Å². The van der Waals surface area contributed by atoms with Gasteiger partial charge in [0.15, 0.2) is 0 Å². The lowest BCUT2D eigenvalue weighted by molar-refractivity contribution is -0.138. The Morgan fingerprint density at radius 3 is 2.81 bits per heavy atom. The second kappa shape index (κ2) is 9.23. The molecule has 9 heteroatoms. The molecule has 164 valence electrons. The Hall–Kier alpha value is -3.65. The predicted octanol–water partition coefficient (Wildman–Crippen LogP) is 4.67. The second-order valence-corrected chi connectivity index (χ2v) is 7.45. The van der Waals surface area contributed by atoms with Crippen molar-refractivity contribution in [3.05, 3.63) is 94.7 Å². The third kappa shape index (κ3) is 4.22. The smallest absolute Gasteiger partial charge is 0.338 e. The highest BCUT2D eigenvalue weighted by Gasteiger charge is 2.34. The minimum Gasteiger partial charge on any atom is -0.489 e. The van der Waals surface area contributed by atoms with E-state index in [9.17, 15) is 9.18 Å². The van der Waals surface area contributed by atoms with Crippen molar-refractivity contribution in [3.63, 3.8) is 0 Å². The van der Waals surface area contributed by atoms with E-state index in [0.717, 1.165) is 5.56 Å². The normalized spacial score (nSPS) is 15.0. The Bertz CT molecular complexity index is 1170. The molecule has 1 aromatic heterocycles. The summed E-state index contributed by atoms with van der Waals surface area (Å²) in [5.74, 6) is 0.140. The van der Waals surface area contributed by atoms with Crippen LogP contribution in [0, 0.1) is 5.82 Å². The molecule has 1 aliphatic heterocycles. The Kier molecular flexibility index (Phi) is 6.23. The van der Waals surface area contributed by atoms with Gasteiger partial charge in [0, 0.05) is 11.3 Å². The first-order valence-electron chi connectivity index (χ1n) is 9.80. The van der Waals surface area contributed by atoms with Crippen LogP contribution >= 0.6 is 11.6 Å². The summed E-state index contributed by atoms with van der Waals surface area (Å²) in [6.45, 7) is 5.45. The van der Waals surface area contributed by atoms with E-state index in [1.165, 1.54) is 18.5 Å². The van der Waals surface area contributed by atoms with E-state index in [4.69, 9.17) is 21.1 Å². The van der Waals surface area contributed by atoms with Crippen molar-refractivity contribution in [2.45, 2.75) is 19.6 Å². The molecule has 2 aromatic carbocycles. The third-order valence-corrected chi connectivity index (χ3v) is 5.34. The highest BCUT2D eigenvalue weighted by molar-refractivity contribution is 6.31. The van der Waals surface area contributed by atoms with Gasteiger partial charge in [-0.3, -0.25) is 0 Å². The first-order chi connectivity index (χ1) is 15.5. The van der Waals surface area contributed by atoms with Gasteiger partial charge in [0.2, 0.25) is 5.95 Å². The van der Waals surface area contributed by atoms with E-state index in [-0.39, 0.29) is 18.8 Å². The summed E-state index contributed by atoms with van der Waals surface area (Å²) in [4.78, 5) is 17.0. The van der Waals surface area contributed by atoms with E-state index in [1.807, 2.05) is 12.1 Å². The second-order valence-electron chi connectivity index (χ2n) is 7.04.